The van der Waals surface area contributed by atoms with Gasteiger partial charge in [0.15, 0.2) is 0 Å². The Morgan fingerprint density at radius 3 is 2.52 bits per heavy atom. The van der Waals surface area contributed by atoms with E-state index in [0.717, 1.165) is 12.8 Å². The first-order valence-corrected chi connectivity index (χ1v) is 7.76. The average Bonchev–Trinajstić information content (AvgIpc) is 2.30. The zero-order valence-electron chi connectivity index (χ0n) is 13.1. The minimum atomic E-state index is -1.01. The van der Waals surface area contributed by atoms with Gasteiger partial charge in [-0.3, -0.25) is 4.79 Å². The van der Waals surface area contributed by atoms with Crippen LogP contribution in [0.3, 0.4) is 0 Å². The second-order valence-electron chi connectivity index (χ2n) is 6.96. The lowest BCUT2D eigenvalue weighted by molar-refractivity contribution is 0.0239. The summed E-state index contributed by atoms with van der Waals surface area (Å²) < 4.78 is 1.47. The Balaban J connectivity index is 2.30. The van der Waals surface area contributed by atoms with Gasteiger partial charge in [0, 0.05) is 6.54 Å². The highest BCUT2D eigenvalue weighted by Gasteiger charge is 2.36. The summed E-state index contributed by atoms with van der Waals surface area (Å²) in [6, 6.07) is 0. The summed E-state index contributed by atoms with van der Waals surface area (Å²) in [5.41, 5.74) is -1.64. The fourth-order valence-corrected chi connectivity index (χ4v) is 2.27. The van der Waals surface area contributed by atoms with Crippen LogP contribution in [-0.2, 0) is 6.54 Å². The minimum absolute atomic E-state index is 0.230. The number of nitrogens with zero attached hydrogens (tertiary/aromatic N) is 2. The topological polar surface area (TPSA) is 67.2 Å². The van der Waals surface area contributed by atoms with Gasteiger partial charge in [0.05, 0.1) is 22.4 Å². The van der Waals surface area contributed by atoms with Gasteiger partial charge in [-0.2, -0.15) is 5.10 Å². The van der Waals surface area contributed by atoms with E-state index < -0.39 is 11.1 Å². The van der Waals surface area contributed by atoms with Crippen molar-refractivity contribution < 1.29 is 5.11 Å². The molecule has 0 saturated heterocycles. The molecule has 118 valence electrons. The number of hydrogen-bond acceptors (Lipinski definition) is 4. The molecule has 0 atom stereocenters. The predicted octanol–water partition coefficient (Wildman–Crippen LogP) is 2.66. The zero-order valence-corrected chi connectivity index (χ0v) is 13.9. The Hall–Kier alpha value is -1.07. The number of aromatic nitrogens is 2. The van der Waals surface area contributed by atoms with Gasteiger partial charge in [0.1, 0.15) is 5.69 Å². The van der Waals surface area contributed by atoms with Crippen molar-refractivity contribution >= 4 is 17.3 Å². The number of anilines is 1. The summed E-state index contributed by atoms with van der Waals surface area (Å²) in [5, 5.41) is 17.7. The van der Waals surface area contributed by atoms with E-state index in [1.165, 1.54) is 17.3 Å². The third-order valence-electron chi connectivity index (χ3n) is 4.62. The van der Waals surface area contributed by atoms with Crippen LogP contribution in [0.25, 0.3) is 0 Å². The van der Waals surface area contributed by atoms with Crippen molar-refractivity contribution in [1.29, 1.82) is 0 Å². The van der Waals surface area contributed by atoms with Crippen molar-refractivity contribution in [3.8, 4) is 0 Å². The molecule has 5 nitrogen and oxygen atoms in total. The lowest BCUT2D eigenvalue weighted by Gasteiger charge is -2.38. The largest absolute Gasteiger partial charge is 0.388 e. The molecule has 1 aliphatic rings. The molecule has 1 aliphatic carbocycles. The summed E-state index contributed by atoms with van der Waals surface area (Å²) in [7, 11) is 0. The van der Waals surface area contributed by atoms with Crippen LogP contribution in [0.4, 0.5) is 5.69 Å². The molecule has 0 spiro atoms. The Bertz CT molecular complexity index is 571. The van der Waals surface area contributed by atoms with Gasteiger partial charge in [-0.05, 0) is 46.5 Å². The van der Waals surface area contributed by atoms with E-state index in [4.69, 9.17) is 11.6 Å². The van der Waals surface area contributed by atoms with Crippen molar-refractivity contribution in [2.45, 2.75) is 64.6 Å². The van der Waals surface area contributed by atoms with Crippen LogP contribution in [0.1, 0.15) is 47.0 Å². The molecule has 0 unspecified atom stereocenters. The number of aliphatic hydroxyl groups is 1. The second-order valence-corrected chi connectivity index (χ2v) is 7.37. The highest BCUT2D eigenvalue weighted by atomic mass is 35.5. The van der Waals surface area contributed by atoms with E-state index in [1.807, 2.05) is 13.8 Å². The van der Waals surface area contributed by atoms with Gasteiger partial charge in [-0.1, -0.05) is 18.0 Å². The van der Waals surface area contributed by atoms with Crippen LogP contribution in [0, 0.1) is 5.92 Å². The van der Waals surface area contributed by atoms with Crippen LogP contribution >= 0.6 is 11.6 Å². The van der Waals surface area contributed by atoms with E-state index in [0.29, 0.717) is 18.2 Å². The van der Waals surface area contributed by atoms with Gasteiger partial charge in [-0.15, -0.1) is 0 Å². The summed E-state index contributed by atoms with van der Waals surface area (Å²) >= 11 is 6.12. The molecule has 21 heavy (non-hydrogen) atoms. The molecule has 0 amide bonds. The van der Waals surface area contributed by atoms with E-state index in [-0.39, 0.29) is 10.6 Å². The fourth-order valence-electron chi connectivity index (χ4n) is 2.10. The normalized spacial score (nSPS) is 16.7. The molecule has 6 heteroatoms. The van der Waals surface area contributed by atoms with Crippen molar-refractivity contribution in [3.05, 3.63) is 21.6 Å². The Kier molecular flexibility index (Phi) is 4.36. The van der Waals surface area contributed by atoms with Gasteiger partial charge in [-0.25, -0.2) is 4.68 Å². The number of hydrogen-bond donors (Lipinski definition) is 2. The van der Waals surface area contributed by atoms with Gasteiger partial charge in [0.25, 0.3) is 5.56 Å². The molecule has 1 heterocycles. The highest BCUT2D eigenvalue weighted by Crippen LogP contribution is 2.29. The second kappa shape index (κ2) is 5.61. The van der Waals surface area contributed by atoms with Gasteiger partial charge >= 0.3 is 0 Å². The molecule has 0 aromatic carbocycles. The Morgan fingerprint density at radius 2 is 2.05 bits per heavy atom. The first kappa shape index (κ1) is 16.3. The molecule has 1 aromatic rings. The molecule has 0 aliphatic heterocycles. The zero-order chi connectivity index (χ0) is 15.8. The van der Waals surface area contributed by atoms with Crippen molar-refractivity contribution in [3.63, 3.8) is 0 Å². The monoisotopic (exact) mass is 313 g/mol. The summed E-state index contributed by atoms with van der Waals surface area (Å²) in [4.78, 5) is 12.5. The van der Waals surface area contributed by atoms with E-state index in [9.17, 15) is 9.90 Å². The molecule has 2 rings (SSSR count). The number of nitrogens with one attached hydrogen (secondary N) is 1. The van der Waals surface area contributed by atoms with Crippen LogP contribution in [0.15, 0.2) is 11.0 Å². The van der Waals surface area contributed by atoms with E-state index in [2.05, 4.69) is 10.4 Å². The predicted molar refractivity (Wildman–Crippen MR) is 84.8 cm³/mol. The first-order chi connectivity index (χ1) is 9.62. The smallest absolute Gasteiger partial charge is 0.291 e. The van der Waals surface area contributed by atoms with Gasteiger partial charge < -0.3 is 10.4 Å². The third kappa shape index (κ3) is 3.40. The molecule has 1 aromatic heterocycles. The van der Waals surface area contributed by atoms with Crippen LogP contribution in [0.2, 0.25) is 5.02 Å². The molecule has 0 radical (unpaired) electrons. The molecule has 1 fully saturated rings. The quantitative estimate of drug-likeness (QED) is 0.877. The van der Waals surface area contributed by atoms with Crippen LogP contribution < -0.4 is 10.9 Å². The molecule has 2 N–H and O–H groups in total. The molecular weight excluding hydrogens is 290 g/mol. The maximum atomic E-state index is 12.5. The van der Waals surface area contributed by atoms with Crippen molar-refractivity contribution in [1.82, 2.24) is 9.78 Å². The summed E-state index contributed by atoms with van der Waals surface area (Å²) in [5.74, 6) is 0.534. The maximum absolute atomic E-state index is 12.5. The van der Waals surface area contributed by atoms with E-state index >= 15 is 0 Å². The Labute approximate surface area is 130 Å². The SMILES string of the molecule is CC(C)(O)C(C)(C)Nc1c(Cl)cnn(CC2CCC2)c1=O. The lowest BCUT2D eigenvalue weighted by atomic mass is 9.85. The van der Waals surface area contributed by atoms with Crippen LogP contribution in [-0.4, -0.2) is 26.0 Å². The maximum Gasteiger partial charge on any atom is 0.291 e. The standard InChI is InChI=1S/C15H24ClN3O2/c1-14(2,15(3,4)21)18-12-11(16)8-17-19(13(12)20)9-10-6-5-7-10/h8,10,18,21H,5-7,9H2,1-4H3. The number of halogens is 1. The Morgan fingerprint density at radius 1 is 1.43 bits per heavy atom. The minimum Gasteiger partial charge on any atom is -0.388 e. The van der Waals surface area contributed by atoms with Crippen molar-refractivity contribution in [2.75, 3.05) is 5.32 Å². The fraction of sp³-hybridized carbons (Fsp3) is 0.733. The lowest BCUT2D eigenvalue weighted by Crippen LogP contribution is -2.52. The van der Waals surface area contributed by atoms with Gasteiger partial charge in [0.2, 0.25) is 0 Å². The average molecular weight is 314 g/mol. The number of rotatable bonds is 5. The molecule has 0 bridgehead atoms. The van der Waals surface area contributed by atoms with Crippen molar-refractivity contribution in [2.24, 2.45) is 5.92 Å². The highest BCUT2D eigenvalue weighted by molar-refractivity contribution is 6.33. The summed E-state index contributed by atoms with van der Waals surface area (Å²) in [6.45, 7) is 7.69. The molecular formula is C15H24ClN3O2. The van der Waals surface area contributed by atoms with Crippen LogP contribution in [0.5, 0.6) is 0 Å². The van der Waals surface area contributed by atoms with E-state index in [1.54, 1.807) is 13.8 Å². The third-order valence-corrected chi connectivity index (χ3v) is 4.91. The summed E-state index contributed by atoms with van der Waals surface area (Å²) in [6.07, 6.45) is 5.01. The molecule has 1 saturated carbocycles. The first-order valence-electron chi connectivity index (χ1n) is 7.38.